The van der Waals surface area contributed by atoms with Crippen molar-refractivity contribution in [2.45, 2.75) is 23.5 Å². The van der Waals surface area contributed by atoms with Crippen molar-refractivity contribution in [1.29, 1.82) is 0 Å². The van der Waals surface area contributed by atoms with E-state index in [1.54, 1.807) is 24.3 Å². The molecule has 3 nitrogen and oxygen atoms in total. The van der Waals surface area contributed by atoms with E-state index in [0.717, 1.165) is 25.9 Å². The molecule has 1 amide bonds. The van der Waals surface area contributed by atoms with Crippen molar-refractivity contribution in [3.05, 3.63) is 24.3 Å². The number of carbonyl (C=O) groups is 1. The molecule has 0 spiro atoms. The minimum absolute atomic E-state index is 0.00709. The molecular formula is C13H16F2N2OS. The summed E-state index contributed by atoms with van der Waals surface area (Å²) in [4.78, 5) is 12.5. The molecule has 104 valence electrons. The Morgan fingerprint density at radius 1 is 1.37 bits per heavy atom. The lowest BCUT2D eigenvalue weighted by molar-refractivity contribution is -0.120. The topological polar surface area (TPSA) is 41.1 Å². The van der Waals surface area contributed by atoms with Gasteiger partial charge in [-0.25, -0.2) is 0 Å². The average molecular weight is 286 g/mol. The standard InChI is InChI=1S/C13H16F2N2OS/c14-13(15)19-11-3-1-2-10(8-11)17-12(18)9-4-6-16-7-5-9/h1-3,8-9,13,16H,4-7H2,(H,17,18). The zero-order valence-corrected chi connectivity index (χ0v) is 11.2. The van der Waals surface area contributed by atoms with Crippen molar-refractivity contribution in [2.24, 2.45) is 5.92 Å². The van der Waals surface area contributed by atoms with Crippen molar-refractivity contribution < 1.29 is 13.6 Å². The molecule has 1 aromatic carbocycles. The van der Waals surface area contributed by atoms with Crippen LogP contribution in [0.3, 0.4) is 0 Å². The molecule has 0 bridgehead atoms. The number of halogens is 2. The second kappa shape index (κ2) is 6.86. The maximum Gasteiger partial charge on any atom is 0.288 e. The zero-order chi connectivity index (χ0) is 13.7. The highest BCUT2D eigenvalue weighted by atomic mass is 32.2. The number of nitrogens with one attached hydrogen (secondary N) is 2. The molecular weight excluding hydrogens is 270 g/mol. The van der Waals surface area contributed by atoms with Crippen LogP contribution in [0.1, 0.15) is 12.8 Å². The molecule has 2 rings (SSSR count). The smallest absolute Gasteiger partial charge is 0.288 e. The number of piperidine rings is 1. The number of carbonyl (C=O) groups excluding carboxylic acids is 1. The van der Waals surface area contributed by atoms with Gasteiger partial charge in [-0.1, -0.05) is 17.8 Å². The third kappa shape index (κ3) is 4.47. The molecule has 19 heavy (non-hydrogen) atoms. The molecule has 0 unspecified atom stereocenters. The molecule has 0 radical (unpaired) electrons. The van der Waals surface area contributed by atoms with Gasteiger partial charge < -0.3 is 10.6 Å². The highest BCUT2D eigenvalue weighted by Gasteiger charge is 2.20. The van der Waals surface area contributed by atoms with E-state index < -0.39 is 5.76 Å². The summed E-state index contributed by atoms with van der Waals surface area (Å²) < 4.78 is 24.5. The Morgan fingerprint density at radius 2 is 2.11 bits per heavy atom. The summed E-state index contributed by atoms with van der Waals surface area (Å²) in [5.74, 6) is -2.47. The van der Waals surface area contributed by atoms with Crippen LogP contribution in [0.25, 0.3) is 0 Å². The van der Waals surface area contributed by atoms with Crippen LogP contribution in [-0.2, 0) is 4.79 Å². The molecule has 1 heterocycles. The molecule has 1 aromatic rings. The van der Waals surface area contributed by atoms with Crippen molar-refractivity contribution in [1.82, 2.24) is 5.32 Å². The van der Waals surface area contributed by atoms with E-state index in [-0.39, 0.29) is 11.8 Å². The van der Waals surface area contributed by atoms with E-state index in [1.165, 1.54) is 0 Å². The third-order valence-corrected chi connectivity index (χ3v) is 3.74. The van der Waals surface area contributed by atoms with Gasteiger partial charge in [-0.3, -0.25) is 4.79 Å². The van der Waals surface area contributed by atoms with E-state index in [2.05, 4.69) is 10.6 Å². The largest absolute Gasteiger partial charge is 0.326 e. The Balaban J connectivity index is 1.96. The minimum atomic E-state index is -2.45. The lowest BCUT2D eigenvalue weighted by Crippen LogP contribution is -2.34. The summed E-state index contributed by atoms with van der Waals surface area (Å²) in [5, 5.41) is 6.00. The first-order chi connectivity index (χ1) is 9.15. The quantitative estimate of drug-likeness (QED) is 0.836. The number of thioether (sulfide) groups is 1. The maximum atomic E-state index is 12.3. The molecule has 0 aromatic heterocycles. The molecule has 0 saturated carbocycles. The monoisotopic (exact) mass is 286 g/mol. The summed E-state index contributed by atoms with van der Waals surface area (Å²) in [7, 11) is 0. The van der Waals surface area contributed by atoms with Crippen LogP contribution < -0.4 is 10.6 Å². The van der Waals surface area contributed by atoms with E-state index in [0.29, 0.717) is 22.3 Å². The van der Waals surface area contributed by atoms with Crippen LogP contribution >= 0.6 is 11.8 Å². The predicted octanol–water partition coefficient (Wildman–Crippen LogP) is 2.94. The number of hydrogen-bond donors (Lipinski definition) is 2. The fourth-order valence-electron chi connectivity index (χ4n) is 2.08. The van der Waals surface area contributed by atoms with Gasteiger partial charge >= 0.3 is 0 Å². The fourth-order valence-corrected chi connectivity index (χ4v) is 2.64. The molecule has 1 aliphatic rings. The van der Waals surface area contributed by atoms with E-state index in [1.807, 2.05) is 0 Å². The van der Waals surface area contributed by atoms with Gasteiger partial charge in [0.25, 0.3) is 5.76 Å². The highest BCUT2D eigenvalue weighted by Crippen LogP contribution is 2.27. The number of benzene rings is 1. The number of alkyl halides is 2. The first-order valence-corrected chi connectivity index (χ1v) is 7.09. The van der Waals surface area contributed by atoms with Crippen LogP contribution in [0.5, 0.6) is 0 Å². The number of hydrogen-bond acceptors (Lipinski definition) is 3. The zero-order valence-electron chi connectivity index (χ0n) is 10.4. The molecule has 1 saturated heterocycles. The van der Waals surface area contributed by atoms with Crippen molar-refractivity contribution in [3.63, 3.8) is 0 Å². The summed E-state index contributed by atoms with van der Waals surface area (Å²) in [5.41, 5.74) is 0.578. The fraction of sp³-hybridized carbons (Fsp3) is 0.462. The van der Waals surface area contributed by atoms with Crippen molar-refractivity contribution in [3.8, 4) is 0 Å². The Bertz CT molecular complexity index is 436. The van der Waals surface area contributed by atoms with E-state index >= 15 is 0 Å². The molecule has 0 atom stereocenters. The van der Waals surface area contributed by atoms with Crippen LogP contribution in [-0.4, -0.2) is 24.8 Å². The van der Waals surface area contributed by atoms with Crippen LogP contribution in [0.4, 0.5) is 14.5 Å². The van der Waals surface area contributed by atoms with Gasteiger partial charge in [-0.2, -0.15) is 8.78 Å². The van der Waals surface area contributed by atoms with Gasteiger partial charge in [0.05, 0.1) is 0 Å². The second-order valence-electron chi connectivity index (χ2n) is 4.42. The van der Waals surface area contributed by atoms with Gasteiger partial charge in [0.2, 0.25) is 5.91 Å². The predicted molar refractivity (Wildman–Crippen MR) is 72.5 cm³/mol. The molecule has 0 aliphatic carbocycles. The van der Waals surface area contributed by atoms with Gasteiger partial charge in [0, 0.05) is 16.5 Å². The Hall–Kier alpha value is -1.14. The van der Waals surface area contributed by atoms with Gasteiger partial charge in [0.15, 0.2) is 0 Å². The lowest BCUT2D eigenvalue weighted by atomic mass is 9.97. The Labute approximate surface area is 115 Å². The van der Waals surface area contributed by atoms with Crippen LogP contribution in [0.15, 0.2) is 29.2 Å². The number of rotatable bonds is 4. The Morgan fingerprint density at radius 3 is 2.79 bits per heavy atom. The Kier molecular flexibility index (Phi) is 5.15. The van der Waals surface area contributed by atoms with Gasteiger partial charge in [-0.15, -0.1) is 0 Å². The first-order valence-electron chi connectivity index (χ1n) is 6.21. The van der Waals surface area contributed by atoms with Gasteiger partial charge in [-0.05, 0) is 44.1 Å². The molecule has 1 fully saturated rings. The van der Waals surface area contributed by atoms with E-state index in [4.69, 9.17) is 0 Å². The third-order valence-electron chi connectivity index (χ3n) is 3.04. The SMILES string of the molecule is O=C(Nc1cccc(SC(F)F)c1)C1CCNCC1. The van der Waals surface area contributed by atoms with Crippen LogP contribution in [0, 0.1) is 5.92 Å². The summed E-state index contributed by atoms with van der Waals surface area (Å²) in [6.07, 6.45) is 1.63. The maximum absolute atomic E-state index is 12.3. The summed E-state index contributed by atoms with van der Waals surface area (Å²) >= 11 is 0.481. The van der Waals surface area contributed by atoms with Crippen LogP contribution in [0.2, 0.25) is 0 Å². The second-order valence-corrected chi connectivity index (χ2v) is 5.48. The minimum Gasteiger partial charge on any atom is -0.326 e. The van der Waals surface area contributed by atoms with E-state index in [9.17, 15) is 13.6 Å². The molecule has 2 N–H and O–H groups in total. The normalized spacial score (nSPS) is 16.6. The number of anilines is 1. The molecule has 6 heteroatoms. The van der Waals surface area contributed by atoms with Crippen molar-refractivity contribution >= 4 is 23.4 Å². The first kappa shape index (κ1) is 14.3. The summed E-state index contributed by atoms with van der Waals surface area (Å²) in [6, 6.07) is 6.57. The average Bonchev–Trinajstić information content (AvgIpc) is 2.39. The number of amides is 1. The molecule has 1 aliphatic heterocycles. The lowest BCUT2D eigenvalue weighted by Gasteiger charge is -2.21. The van der Waals surface area contributed by atoms with Gasteiger partial charge in [0.1, 0.15) is 0 Å². The summed E-state index contributed by atoms with van der Waals surface area (Å²) in [6.45, 7) is 1.69. The van der Waals surface area contributed by atoms with Crippen molar-refractivity contribution in [2.75, 3.05) is 18.4 Å². The highest BCUT2D eigenvalue weighted by molar-refractivity contribution is 7.99.